The van der Waals surface area contributed by atoms with Crippen molar-refractivity contribution >= 4 is 24.2 Å². The monoisotopic (exact) mass is 348 g/mol. The third-order valence-electron chi connectivity index (χ3n) is 4.80. The number of halogens is 1. The highest BCUT2D eigenvalue weighted by Gasteiger charge is 2.52. The van der Waals surface area contributed by atoms with E-state index in [1.54, 1.807) is 18.0 Å². The van der Waals surface area contributed by atoms with Crippen LogP contribution in [0, 0.1) is 0 Å². The van der Waals surface area contributed by atoms with Crippen LogP contribution >= 0.6 is 11.6 Å². The van der Waals surface area contributed by atoms with Crippen molar-refractivity contribution in [2.24, 2.45) is 0 Å². The molecule has 1 aromatic carbocycles. The van der Waals surface area contributed by atoms with Gasteiger partial charge in [0.15, 0.2) is 0 Å². The molecule has 0 N–H and O–H groups in total. The van der Waals surface area contributed by atoms with E-state index in [4.69, 9.17) is 25.6 Å². The van der Waals surface area contributed by atoms with Gasteiger partial charge < -0.3 is 14.0 Å². The Balaban J connectivity index is 1.79. The molecule has 5 nitrogen and oxygen atoms in total. The molecule has 0 saturated carbocycles. The van der Waals surface area contributed by atoms with Crippen molar-refractivity contribution in [3.05, 3.63) is 41.2 Å². The maximum Gasteiger partial charge on any atom is 0.499 e. The molecule has 0 bridgehead atoms. The van der Waals surface area contributed by atoms with E-state index in [0.29, 0.717) is 11.7 Å². The second kappa shape index (κ2) is 6.10. The van der Waals surface area contributed by atoms with Gasteiger partial charge in [-0.15, -0.1) is 0 Å². The molecule has 1 aliphatic heterocycles. The van der Waals surface area contributed by atoms with Crippen molar-refractivity contribution in [1.29, 1.82) is 0 Å². The van der Waals surface area contributed by atoms with Gasteiger partial charge in [-0.3, -0.25) is 0 Å². The third-order valence-corrected chi connectivity index (χ3v) is 5.21. The minimum absolute atomic E-state index is 0.404. The molecule has 1 fully saturated rings. The molecular formula is C17H22BClN2O3. The molecule has 0 spiro atoms. The Morgan fingerprint density at radius 3 is 2.25 bits per heavy atom. The highest BCUT2D eigenvalue weighted by Crippen LogP contribution is 2.37. The highest BCUT2D eigenvalue weighted by molar-refractivity contribution is 6.65. The van der Waals surface area contributed by atoms with E-state index in [2.05, 4.69) is 5.10 Å². The standard InChI is InChI=1S/C17H22BClN2O3/c1-16(2)17(3,4)24-18(23-16)14-10-20-21(15(14)19)11-12-6-8-13(22-5)9-7-12/h6-10H,11H2,1-5H3. The minimum atomic E-state index is -0.507. The van der Waals surface area contributed by atoms with Gasteiger partial charge in [-0.05, 0) is 45.4 Å². The van der Waals surface area contributed by atoms with Crippen LogP contribution in [0.1, 0.15) is 33.3 Å². The molecule has 1 aromatic heterocycles. The van der Waals surface area contributed by atoms with Crippen LogP contribution in [0.25, 0.3) is 0 Å². The number of hydrogen-bond donors (Lipinski definition) is 0. The van der Waals surface area contributed by atoms with E-state index in [9.17, 15) is 0 Å². The first-order valence-corrected chi connectivity index (χ1v) is 8.31. The summed E-state index contributed by atoms with van der Waals surface area (Å²) in [4.78, 5) is 0. The van der Waals surface area contributed by atoms with Crippen LogP contribution in [-0.2, 0) is 15.9 Å². The van der Waals surface area contributed by atoms with Crippen molar-refractivity contribution in [3.63, 3.8) is 0 Å². The molecule has 2 heterocycles. The van der Waals surface area contributed by atoms with Crippen LogP contribution in [0.3, 0.4) is 0 Å². The van der Waals surface area contributed by atoms with E-state index < -0.39 is 18.3 Å². The van der Waals surface area contributed by atoms with Gasteiger partial charge in [-0.1, -0.05) is 23.7 Å². The first-order chi connectivity index (χ1) is 11.2. The lowest BCUT2D eigenvalue weighted by molar-refractivity contribution is 0.00578. The fourth-order valence-electron chi connectivity index (χ4n) is 2.53. The number of ether oxygens (including phenoxy) is 1. The molecule has 0 aliphatic carbocycles. The number of hydrogen-bond acceptors (Lipinski definition) is 4. The quantitative estimate of drug-likeness (QED) is 0.797. The smallest absolute Gasteiger partial charge is 0.497 e. The molecule has 2 aromatic rings. The molecule has 0 radical (unpaired) electrons. The Morgan fingerprint density at radius 2 is 1.71 bits per heavy atom. The van der Waals surface area contributed by atoms with Crippen molar-refractivity contribution in [2.45, 2.75) is 45.4 Å². The maximum absolute atomic E-state index is 6.51. The Hall–Kier alpha value is -1.50. The lowest BCUT2D eigenvalue weighted by atomic mass is 9.82. The predicted octanol–water partition coefficient (Wildman–Crippen LogP) is 2.89. The van der Waals surface area contributed by atoms with E-state index in [0.717, 1.165) is 16.8 Å². The summed E-state index contributed by atoms with van der Waals surface area (Å²) in [5, 5.41) is 4.92. The summed E-state index contributed by atoms with van der Waals surface area (Å²) in [5.74, 6) is 0.822. The SMILES string of the molecule is COc1ccc(Cn2ncc(B3OC(C)(C)C(C)(C)O3)c2Cl)cc1. The van der Waals surface area contributed by atoms with Crippen molar-refractivity contribution in [1.82, 2.24) is 9.78 Å². The van der Waals surface area contributed by atoms with Crippen LogP contribution in [0.4, 0.5) is 0 Å². The first-order valence-electron chi connectivity index (χ1n) is 7.93. The molecule has 0 amide bonds. The van der Waals surface area contributed by atoms with E-state index in [1.807, 2.05) is 52.0 Å². The first kappa shape index (κ1) is 17.3. The highest BCUT2D eigenvalue weighted by atomic mass is 35.5. The average Bonchev–Trinajstić information content (AvgIpc) is 2.97. The van der Waals surface area contributed by atoms with Gasteiger partial charge in [-0.2, -0.15) is 5.10 Å². The van der Waals surface area contributed by atoms with Crippen molar-refractivity contribution < 1.29 is 14.0 Å². The number of rotatable bonds is 4. The molecule has 0 atom stereocenters. The summed E-state index contributed by atoms with van der Waals surface area (Å²) >= 11 is 6.51. The largest absolute Gasteiger partial charge is 0.499 e. The summed E-state index contributed by atoms with van der Waals surface area (Å²) in [7, 11) is 1.14. The van der Waals surface area contributed by atoms with Gasteiger partial charge in [0.2, 0.25) is 0 Å². The molecule has 1 saturated heterocycles. The lowest BCUT2D eigenvalue weighted by Gasteiger charge is -2.32. The normalized spacial score (nSPS) is 18.8. The van der Waals surface area contributed by atoms with E-state index in [1.165, 1.54) is 0 Å². The molecule has 1 aliphatic rings. The third kappa shape index (κ3) is 3.06. The number of methoxy groups -OCH3 is 1. The summed E-state index contributed by atoms with van der Waals surface area (Å²) in [5.41, 5.74) is 1.03. The summed E-state index contributed by atoms with van der Waals surface area (Å²) in [6.45, 7) is 8.64. The van der Waals surface area contributed by atoms with E-state index in [-0.39, 0.29) is 0 Å². The zero-order chi connectivity index (χ0) is 17.5. The number of aromatic nitrogens is 2. The van der Waals surface area contributed by atoms with Gasteiger partial charge in [0.05, 0.1) is 31.1 Å². The lowest BCUT2D eigenvalue weighted by Crippen LogP contribution is -2.41. The molecule has 128 valence electrons. The van der Waals surface area contributed by atoms with Crippen LogP contribution in [-0.4, -0.2) is 35.2 Å². The van der Waals surface area contributed by atoms with Gasteiger partial charge >= 0.3 is 7.12 Å². The zero-order valence-corrected chi connectivity index (χ0v) is 15.4. The minimum Gasteiger partial charge on any atom is -0.497 e. The molecule has 3 rings (SSSR count). The van der Waals surface area contributed by atoms with Gasteiger partial charge in [-0.25, -0.2) is 4.68 Å². The van der Waals surface area contributed by atoms with Gasteiger partial charge in [0.1, 0.15) is 10.9 Å². The summed E-state index contributed by atoms with van der Waals surface area (Å²) < 4.78 is 19.0. The fraction of sp³-hybridized carbons (Fsp3) is 0.471. The predicted molar refractivity (Wildman–Crippen MR) is 95.0 cm³/mol. The second-order valence-electron chi connectivity index (χ2n) is 6.98. The Bertz CT molecular complexity index is 712. The molecular weight excluding hydrogens is 326 g/mol. The van der Waals surface area contributed by atoms with E-state index >= 15 is 0 Å². The summed E-state index contributed by atoms with van der Waals surface area (Å²) in [6.07, 6.45) is 1.72. The van der Waals surface area contributed by atoms with Gasteiger partial charge in [0, 0.05) is 5.46 Å². The number of benzene rings is 1. The molecule has 0 unspecified atom stereocenters. The van der Waals surface area contributed by atoms with Crippen molar-refractivity contribution in [3.8, 4) is 5.75 Å². The van der Waals surface area contributed by atoms with Crippen LogP contribution in [0.2, 0.25) is 5.15 Å². The van der Waals surface area contributed by atoms with Crippen LogP contribution in [0.15, 0.2) is 30.5 Å². The van der Waals surface area contributed by atoms with Gasteiger partial charge in [0.25, 0.3) is 0 Å². The molecule has 24 heavy (non-hydrogen) atoms. The Labute approximate surface area is 148 Å². The summed E-state index contributed by atoms with van der Waals surface area (Å²) in [6, 6.07) is 7.82. The Kier molecular flexibility index (Phi) is 4.40. The molecule has 7 heteroatoms. The zero-order valence-electron chi connectivity index (χ0n) is 14.7. The van der Waals surface area contributed by atoms with Crippen LogP contribution < -0.4 is 10.2 Å². The van der Waals surface area contributed by atoms with Crippen molar-refractivity contribution in [2.75, 3.05) is 7.11 Å². The van der Waals surface area contributed by atoms with Crippen LogP contribution in [0.5, 0.6) is 5.75 Å². The number of nitrogens with zero attached hydrogens (tertiary/aromatic N) is 2. The fourth-order valence-corrected chi connectivity index (χ4v) is 2.77. The Morgan fingerprint density at radius 1 is 1.12 bits per heavy atom. The average molecular weight is 349 g/mol. The topological polar surface area (TPSA) is 45.5 Å². The maximum atomic E-state index is 6.51. The second-order valence-corrected chi connectivity index (χ2v) is 7.34.